The fourth-order valence-electron chi connectivity index (χ4n) is 3.22. The number of anilines is 1. The lowest BCUT2D eigenvalue weighted by molar-refractivity contribution is -0.137. The lowest BCUT2D eigenvalue weighted by atomic mass is 10.0. The number of hydrogen-bond acceptors (Lipinski definition) is 4. The summed E-state index contributed by atoms with van der Waals surface area (Å²) in [6.45, 7) is 0.468. The number of fused-ring (bicyclic) bond motifs is 1. The van der Waals surface area contributed by atoms with E-state index < -0.39 is 11.7 Å². The Morgan fingerprint density at radius 2 is 1.80 bits per heavy atom. The number of benzene rings is 2. The van der Waals surface area contributed by atoms with Crippen LogP contribution in [0.5, 0.6) is 0 Å². The minimum absolute atomic E-state index is 0.252. The highest BCUT2D eigenvalue weighted by Crippen LogP contribution is 2.29. The minimum Gasteiger partial charge on any atom is -0.381 e. The molecule has 30 heavy (non-hydrogen) atoms. The Kier molecular flexibility index (Phi) is 5.41. The van der Waals surface area contributed by atoms with Crippen LogP contribution in [0.2, 0.25) is 0 Å². The number of nitrogens with zero attached hydrogens (tertiary/aromatic N) is 3. The Morgan fingerprint density at radius 3 is 2.57 bits per heavy atom. The van der Waals surface area contributed by atoms with Gasteiger partial charge in [0.05, 0.1) is 29.3 Å². The first-order valence-electron chi connectivity index (χ1n) is 9.43. The Hall–Kier alpha value is -3.39. The first-order valence-corrected chi connectivity index (χ1v) is 9.43. The van der Waals surface area contributed by atoms with E-state index in [1.165, 1.54) is 12.1 Å². The van der Waals surface area contributed by atoms with Gasteiger partial charge in [-0.15, -0.1) is 0 Å². The minimum atomic E-state index is -4.33. The molecule has 0 saturated heterocycles. The van der Waals surface area contributed by atoms with Crippen LogP contribution in [0.25, 0.3) is 16.5 Å². The van der Waals surface area contributed by atoms with Crippen molar-refractivity contribution in [3.63, 3.8) is 0 Å². The zero-order valence-corrected chi connectivity index (χ0v) is 16.0. The summed E-state index contributed by atoms with van der Waals surface area (Å²) in [6.07, 6.45) is 3.28. The van der Waals surface area contributed by atoms with E-state index in [0.29, 0.717) is 13.0 Å². The number of aromatic nitrogens is 3. The molecule has 0 aliphatic rings. The topological polar surface area (TPSA) is 68.8 Å². The van der Waals surface area contributed by atoms with E-state index in [1.54, 1.807) is 17.1 Å². The van der Waals surface area contributed by atoms with Crippen LogP contribution in [-0.2, 0) is 12.6 Å². The normalized spacial score (nSPS) is 12.8. The average Bonchev–Trinajstić information content (AvgIpc) is 3.21. The molecule has 0 aliphatic heterocycles. The Labute approximate surface area is 171 Å². The summed E-state index contributed by atoms with van der Waals surface area (Å²) in [6, 6.07) is 12.8. The molecule has 2 aromatic heterocycles. The largest absolute Gasteiger partial charge is 0.416 e. The van der Waals surface area contributed by atoms with E-state index >= 15 is 0 Å². The van der Waals surface area contributed by atoms with E-state index in [-0.39, 0.29) is 6.04 Å². The summed E-state index contributed by atoms with van der Waals surface area (Å²) in [4.78, 5) is 4.11. The molecule has 0 fully saturated rings. The van der Waals surface area contributed by atoms with Crippen LogP contribution in [-0.4, -0.2) is 27.4 Å². The Morgan fingerprint density at radius 1 is 1.00 bits per heavy atom. The number of pyridine rings is 1. The summed E-state index contributed by atoms with van der Waals surface area (Å²) < 4.78 is 39.7. The van der Waals surface area contributed by atoms with Crippen molar-refractivity contribution in [2.24, 2.45) is 5.73 Å². The van der Waals surface area contributed by atoms with Crippen LogP contribution in [0.1, 0.15) is 11.1 Å². The van der Waals surface area contributed by atoms with Crippen molar-refractivity contribution in [1.29, 1.82) is 0 Å². The molecule has 0 radical (unpaired) electrons. The van der Waals surface area contributed by atoms with Crippen molar-refractivity contribution in [2.45, 2.75) is 18.6 Å². The van der Waals surface area contributed by atoms with Crippen LogP contribution in [0.3, 0.4) is 0 Å². The molecule has 0 aliphatic carbocycles. The molecular weight excluding hydrogens is 391 g/mol. The molecule has 1 atom stereocenters. The van der Waals surface area contributed by atoms with E-state index in [2.05, 4.69) is 15.4 Å². The van der Waals surface area contributed by atoms with E-state index in [1.807, 2.05) is 36.7 Å². The second-order valence-corrected chi connectivity index (χ2v) is 7.12. The molecule has 0 spiro atoms. The molecule has 5 nitrogen and oxygen atoms in total. The first kappa shape index (κ1) is 19.9. The molecule has 2 heterocycles. The van der Waals surface area contributed by atoms with Gasteiger partial charge in [0.2, 0.25) is 0 Å². The number of nitrogens with one attached hydrogen (secondary N) is 1. The van der Waals surface area contributed by atoms with Gasteiger partial charge in [0.1, 0.15) is 0 Å². The Bertz CT molecular complexity index is 1140. The number of nitrogens with two attached hydrogens (primary N) is 1. The highest BCUT2D eigenvalue weighted by molar-refractivity contribution is 5.83. The van der Waals surface area contributed by atoms with Crippen molar-refractivity contribution in [2.75, 3.05) is 11.9 Å². The molecule has 8 heteroatoms. The first-order chi connectivity index (χ1) is 14.4. The quantitative estimate of drug-likeness (QED) is 0.493. The van der Waals surface area contributed by atoms with Gasteiger partial charge in [0, 0.05) is 30.4 Å². The van der Waals surface area contributed by atoms with E-state index in [0.717, 1.165) is 39.8 Å². The molecule has 4 aromatic rings. The molecule has 4 rings (SSSR count). The van der Waals surface area contributed by atoms with Crippen LogP contribution < -0.4 is 11.1 Å². The van der Waals surface area contributed by atoms with Crippen molar-refractivity contribution in [1.82, 2.24) is 14.8 Å². The van der Waals surface area contributed by atoms with Gasteiger partial charge in [-0.05, 0) is 47.7 Å². The summed E-state index contributed by atoms with van der Waals surface area (Å²) >= 11 is 0. The van der Waals surface area contributed by atoms with Crippen LogP contribution >= 0.6 is 0 Å². The molecule has 3 N–H and O–H groups in total. The lowest BCUT2D eigenvalue weighted by Crippen LogP contribution is -2.31. The van der Waals surface area contributed by atoms with Gasteiger partial charge in [-0.25, -0.2) is 4.68 Å². The number of alkyl halides is 3. The van der Waals surface area contributed by atoms with Crippen molar-refractivity contribution < 1.29 is 13.2 Å². The van der Waals surface area contributed by atoms with Crippen molar-refractivity contribution >= 4 is 16.5 Å². The number of hydrogen-bond donors (Lipinski definition) is 2. The summed E-state index contributed by atoms with van der Waals surface area (Å²) in [5, 5.41) is 9.74. The third-order valence-electron chi connectivity index (χ3n) is 4.82. The molecule has 0 saturated carbocycles. The maximum Gasteiger partial charge on any atom is 0.416 e. The molecule has 0 amide bonds. The smallest absolute Gasteiger partial charge is 0.381 e. The van der Waals surface area contributed by atoms with Crippen LogP contribution in [0.15, 0.2) is 73.3 Å². The second-order valence-electron chi connectivity index (χ2n) is 7.12. The standard InChI is InChI=1S/C22H20F3N5/c23-22(24,25)18-4-1-15(2-5-18)9-19(26)12-28-20-13-29-30(14-20)21-6-3-17-11-27-8-7-16(17)10-21/h1-8,10-11,13-14,19,28H,9,12,26H2. The highest BCUT2D eigenvalue weighted by atomic mass is 19.4. The zero-order chi connectivity index (χ0) is 21.1. The number of halogens is 3. The SMILES string of the molecule is NC(CNc1cnn(-c2ccc3cnccc3c2)c1)Cc1ccc(C(F)(F)F)cc1. The maximum atomic E-state index is 12.6. The van der Waals surface area contributed by atoms with Gasteiger partial charge in [-0.3, -0.25) is 4.98 Å². The monoisotopic (exact) mass is 411 g/mol. The van der Waals surface area contributed by atoms with Gasteiger partial charge in [-0.2, -0.15) is 18.3 Å². The Balaban J connectivity index is 1.35. The zero-order valence-electron chi connectivity index (χ0n) is 16.0. The van der Waals surface area contributed by atoms with Gasteiger partial charge < -0.3 is 11.1 Å². The summed E-state index contributed by atoms with van der Waals surface area (Å²) in [7, 11) is 0. The summed E-state index contributed by atoms with van der Waals surface area (Å²) in [5.41, 5.74) is 7.98. The van der Waals surface area contributed by atoms with E-state index in [4.69, 9.17) is 5.73 Å². The number of rotatable bonds is 6. The fraction of sp³-hybridized carbons (Fsp3) is 0.182. The third kappa shape index (κ3) is 4.60. The van der Waals surface area contributed by atoms with Crippen LogP contribution in [0.4, 0.5) is 18.9 Å². The lowest BCUT2D eigenvalue weighted by Gasteiger charge is -2.13. The predicted octanol–water partition coefficient (Wildman–Crippen LogP) is 4.42. The highest BCUT2D eigenvalue weighted by Gasteiger charge is 2.29. The van der Waals surface area contributed by atoms with E-state index in [9.17, 15) is 13.2 Å². The molecule has 2 aromatic carbocycles. The second kappa shape index (κ2) is 8.16. The fourth-order valence-corrected chi connectivity index (χ4v) is 3.22. The molecular formula is C22H20F3N5. The average molecular weight is 411 g/mol. The maximum absolute atomic E-state index is 12.6. The van der Waals surface area contributed by atoms with Crippen molar-refractivity contribution in [3.8, 4) is 5.69 Å². The summed E-state index contributed by atoms with van der Waals surface area (Å²) in [5.74, 6) is 0. The van der Waals surface area contributed by atoms with Gasteiger partial charge in [0.25, 0.3) is 0 Å². The van der Waals surface area contributed by atoms with Crippen molar-refractivity contribution in [3.05, 3.63) is 84.4 Å². The molecule has 1 unspecified atom stereocenters. The van der Waals surface area contributed by atoms with Gasteiger partial charge in [-0.1, -0.05) is 18.2 Å². The van der Waals surface area contributed by atoms with Crippen LogP contribution in [0, 0.1) is 0 Å². The van der Waals surface area contributed by atoms with Gasteiger partial charge in [0.15, 0.2) is 0 Å². The molecule has 0 bridgehead atoms. The van der Waals surface area contributed by atoms with Gasteiger partial charge >= 0.3 is 6.18 Å². The third-order valence-corrected chi connectivity index (χ3v) is 4.82. The predicted molar refractivity (Wildman–Crippen MR) is 110 cm³/mol. The molecule has 154 valence electrons.